The molecule has 1 aromatic carbocycles. The second kappa shape index (κ2) is 5.50. The normalized spacial score (nSPS) is 12.3. The number of methoxy groups -OCH3 is 2. The second-order valence-corrected chi connectivity index (χ2v) is 4.42. The summed E-state index contributed by atoms with van der Waals surface area (Å²) in [4.78, 5) is 0. The Labute approximate surface area is 116 Å². The molecule has 0 amide bonds. The molecule has 2 aromatic rings. The summed E-state index contributed by atoms with van der Waals surface area (Å²) in [5.41, 5.74) is 1.08. The summed E-state index contributed by atoms with van der Waals surface area (Å²) in [5, 5.41) is 14.9. The zero-order chi connectivity index (χ0) is 14.0. The molecule has 6 heteroatoms. The van der Waals surface area contributed by atoms with Crippen LogP contribution in [-0.2, 0) is 7.05 Å². The number of hydrogen-bond donors (Lipinski definition) is 1. The lowest BCUT2D eigenvalue weighted by molar-refractivity contribution is 0.204. The van der Waals surface area contributed by atoms with Crippen LogP contribution in [0.15, 0.2) is 24.4 Å². The van der Waals surface area contributed by atoms with Gasteiger partial charge in [-0.1, -0.05) is 11.6 Å². The smallest absolute Gasteiger partial charge is 0.126 e. The van der Waals surface area contributed by atoms with Crippen LogP contribution in [0.3, 0.4) is 0 Å². The van der Waals surface area contributed by atoms with Gasteiger partial charge in [0.15, 0.2) is 0 Å². The van der Waals surface area contributed by atoms with Gasteiger partial charge in [-0.05, 0) is 18.2 Å². The molecule has 0 fully saturated rings. The first kappa shape index (κ1) is 13.7. The predicted molar refractivity (Wildman–Crippen MR) is 71.8 cm³/mol. The highest BCUT2D eigenvalue weighted by Gasteiger charge is 2.22. The van der Waals surface area contributed by atoms with Crippen LogP contribution in [-0.4, -0.2) is 29.1 Å². The van der Waals surface area contributed by atoms with Crippen LogP contribution in [0, 0.1) is 0 Å². The van der Waals surface area contributed by atoms with Crippen LogP contribution >= 0.6 is 11.6 Å². The van der Waals surface area contributed by atoms with Gasteiger partial charge in [0, 0.05) is 12.6 Å². The van der Waals surface area contributed by atoms with Crippen LogP contribution in [0.25, 0.3) is 0 Å². The third kappa shape index (κ3) is 2.52. The zero-order valence-electron chi connectivity index (χ0n) is 10.9. The standard InChI is InChI=1S/C13H15ClN2O3/c1-16-12(10(14)7-15-16)13(17)9-6-8(18-2)4-5-11(9)19-3/h4-7,13,17H,1-3H3. The van der Waals surface area contributed by atoms with Gasteiger partial charge < -0.3 is 14.6 Å². The molecular formula is C13H15ClN2O3. The molecule has 0 spiro atoms. The fourth-order valence-corrected chi connectivity index (χ4v) is 2.20. The van der Waals surface area contributed by atoms with Gasteiger partial charge in [-0.2, -0.15) is 5.10 Å². The molecule has 0 aliphatic heterocycles. The van der Waals surface area contributed by atoms with E-state index in [2.05, 4.69) is 5.10 Å². The van der Waals surface area contributed by atoms with Crippen molar-refractivity contribution in [1.82, 2.24) is 9.78 Å². The Hall–Kier alpha value is -1.72. The Morgan fingerprint density at radius 1 is 1.32 bits per heavy atom. The third-order valence-electron chi connectivity index (χ3n) is 2.93. The highest BCUT2D eigenvalue weighted by atomic mass is 35.5. The Morgan fingerprint density at radius 2 is 2.05 bits per heavy atom. The number of hydrogen-bond acceptors (Lipinski definition) is 4. The monoisotopic (exact) mass is 282 g/mol. The molecule has 1 unspecified atom stereocenters. The third-order valence-corrected chi connectivity index (χ3v) is 3.22. The largest absolute Gasteiger partial charge is 0.497 e. The fraction of sp³-hybridized carbons (Fsp3) is 0.308. The summed E-state index contributed by atoms with van der Waals surface area (Å²) in [6.45, 7) is 0. The van der Waals surface area contributed by atoms with Gasteiger partial charge in [0.1, 0.15) is 17.6 Å². The molecule has 1 N–H and O–H groups in total. The Balaban J connectivity index is 2.51. The molecular weight excluding hydrogens is 268 g/mol. The van der Waals surface area contributed by atoms with Crippen LogP contribution in [0.4, 0.5) is 0 Å². The number of nitrogens with zero attached hydrogens (tertiary/aromatic N) is 2. The average molecular weight is 283 g/mol. The van der Waals surface area contributed by atoms with Crippen LogP contribution in [0.1, 0.15) is 17.4 Å². The zero-order valence-corrected chi connectivity index (χ0v) is 11.7. The lowest BCUT2D eigenvalue weighted by Gasteiger charge is -2.16. The first-order valence-corrected chi connectivity index (χ1v) is 6.03. The van der Waals surface area contributed by atoms with E-state index in [-0.39, 0.29) is 0 Å². The number of benzene rings is 1. The molecule has 0 saturated heterocycles. The summed E-state index contributed by atoms with van der Waals surface area (Å²) in [6.07, 6.45) is 0.553. The van der Waals surface area contributed by atoms with Gasteiger partial charge in [0.25, 0.3) is 0 Å². The number of aliphatic hydroxyl groups excluding tert-OH is 1. The highest BCUT2D eigenvalue weighted by molar-refractivity contribution is 6.31. The number of aliphatic hydroxyl groups is 1. The number of aryl methyl sites for hydroxylation is 1. The van der Waals surface area contributed by atoms with Gasteiger partial charge in [0.05, 0.1) is 31.1 Å². The maximum absolute atomic E-state index is 10.5. The van der Waals surface area contributed by atoms with Crippen molar-refractivity contribution < 1.29 is 14.6 Å². The van der Waals surface area contributed by atoms with Crippen molar-refractivity contribution in [1.29, 1.82) is 0 Å². The van der Waals surface area contributed by atoms with Crippen LogP contribution in [0.2, 0.25) is 5.02 Å². The summed E-state index contributed by atoms with van der Waals surface area (Å²) in [6, 6.07) is 5.22. The van der Waals surface area contributed by atoms with Crippen molar-refractivity contribution in [3.05, 3.63) is 40.7 Å². The van der Waals surface area contributed by atoms with Crippen molar-refractivity contribution in [3.63, 3.8) is 0 Å². The van der Waals surface area contributed by atoms with E-state index in [0.29, 0.717) is 27.8 Å². The lowest BCUT2D eigenvalue weighted by atomic mass is 10.0. The Morgan fingerprint density at radius 3 is 2.58 bits per heavy atom. The topological polar surface area (TPSA) is 56.5 Å². The van der Waals surface area contributed by atoms with E-state index in [1.807, 2.05) is 0 Å². The number of aromatic nitrogens is 2. The molecule has 5 nitrogen and oxygen atoms in total. The Bertz CT molecular complexity index is 564. The number of ether oxygens (including phenoxy) is 2. The van der Waals surface area contributed by atoms with E-state index < -0.39 is 6.10 Å². The fourth-order valence-electron chi connectivity index (χ4n) is 1.93. The molecule has 0 saturated carbocycles. The van der Waals surface area contributed by atoms with Gasteiger partial charge in [-0.25, -0.2) is 0 Å². The van der Waals surface area contributed by atoms with Crippen LogP contribution in [0.5, 0.6) is 11.5 Å². The van der Waals surface area contributed by atoms with Crippen molar-refractivity contribution in [3.8, 4) is 11.5 Å². The minimum absolute atomic E-state index is 0.403. The van der Waals surface area contributed by atoms with E-state index in [9.17, 15) is 5.11 Å². The SMILES string of the molecule is COc1ccc(OC)c(C(O)c2c(Cl)cnn2C)c1. The average Bonchev–Trinajstić information content (AvgIpc) is 2.76. The number of rotatable bonds is 4. The van der Waals surface area contributed by atoms with Gasteiger partial charge in [-0.3, -0.25) is 4.68 Å². The van der Waals surface area contributed by atoms with E-state index in [4.69, 9.17) is 21.1 Å². The second-order valence-electron chi connectivity index (χ2n) is 4.01. The minimum Gasteiger partial charge on any atom is -0.497 e. The lowest BCUT2D eigenvalue weighted by Crippen LogP contribution is -2.08. The molecule has 1 aromatic heterocycles. The Kier molecular flexibility index (Phi) is 3.97. The van der Waals surface area contributed by atoms with Crippen molar-refractivity contribution >= 4 is 11.6 Å². The molecule has 0 aliphatic carbocycles. The predicted octanol–water partition coefficient (Wildman–Crippen LogP) is 2.17. The summed E-state index contributed by atoms with van der Waals surface area (Å²) < 4.78 is 11.9. The molecule has 2 rings (SSSR count). The highest BCUT2D eigenvalue weighted by Crippen LogP contribution is 2.35. The van der Waals surface area contributed by atoms with E-state index in [1.165, 1.54) is 10.9 Å². The first-order chi connectivity index (χ1) is 9.08. The minimum atomic E-state index is -0.940. The van der Waals surface area contributed by atoms with E-state index in [0.717, 1.165) is 0 Å². The van der Waals surface area contributed by atoms with E-state index >= 15 is 0 Å². The van der Waals surface area contributed by atoms with Gasteiger partial charge in [-0.15, -0.1) is 0 Å². The molecule has 0 bridgehead atoms. The summed E-state index contributed by atoms with van der Waals surface area (Å²) in [5.74, 6) is 1.19. The molecule has 1 atom stereocenters. The van der Waals surface area contributed by atoms with E-state index in [1.54, 1.807) is 39.5 Å². The molecule has 102 valence electrons. The summed E-state index contributed by atoms with van der Waals surface area (Å²) >= 11 is 6.04. The quantitative estimate of drug-likeness (QED) is 0.934. The van der Waals surface area contributed by atoms with Crippen molar-refractivity contribution in [2.75, 3.05) is 14.2 Å². The van der Waals surface area contributed by atoms with Crippen LogP contribution < -0.4 is 9.47 Å². The first-order valence-electron chi connectivity index (χ1n) is 5.66. The molecule has 19 heavy (non-hydrogen) atoms. The summed E-state index contributed by atoms with van der Waals surface area (Å²) in [7, 11) is 4.83. The molecule has 0 aliphatic rings. The number of halogens is 1. The molecule has 0 radical (unpaired) electrons. The van der Waals surface area contributed by atoms with Crippen molar-refractivity contribution in [2.45, 2.75) is 6.10 Å². The van der Waals surface area contributed by atoms with Gasteiger partial charge >= 0.3 is 0 Å². The van der Waals surface area contributed by atoms with Crippen molar-refractivity contribution in [2.24, 2.45) is 7.05 Å². The maximum Gasteiger partial charge on any atom is 0.126 e. The maximum atomic E-state index is 10.5. The van der Waals surface area contributed by atoms with Gasteiger partial charge in [0.2, 0.25) is 0 Å². The molecule has 1 heterocycles.